The monoisotopic (exact) mass is 416 g/mol. The molecule has 5 rings (SSSR count). The van der Waals surface area contributed by atoms with Gasteiger partial charge in [-0.05, 0) is 32.1 Å². The average molecular weight is 416 g/mol. The fourth-order valence-corrected chi connectivity index (χ4v) is 4.68. The number of allylic oxidation sites excluding steroid dienone is 1. The van der Waals surface area contributed by atoms with Crippen molar-refractivity contribution in [1.29, 1.82) is 5.26 Å². The zero-order chi connectivity index (χ0) is 21.0. The molecule has 0 bridgehead atoms. The lowest BCUT2D eigenvalue weighted by Crippen LogP contribution is -2.08. The molecule has 8 nitrogen and oxygen atoms in total. The number of hydrogen-bond acceptors (Lipinski definition) is 6. The van der Waals surface area contributed by atoms with Gasteiger partial charge in [-0.25, -0.2) is 9.97 Å². The summed E-state index contributed by atoms with van der Waals surface area (Å²) >= 11 is 1.57. The fraction of sp³-hybridized carbons (Fsp3) is 0.143. The number of H-pyrrole nitrogens is 2. The van der Waals surface area contributed by atoms with Crippen LogP contribution in [0, 0.1) is 25.2 Å². The zero-order valence-electron chi connectivity index (χ0n) is 16.4. The summed E-state index contributed by atoms with van der Waals surface area (Å²) in [6.45, 7) is 3.96. The van der Waals surface area contributed by atoms with Gasteiger partial charge >= 0.3 is 0 Å². The first-order valence-corrected chi connectivity index (χ1v) is 9.96. The second-order valence-corrected chi connectivity index (χ2v) is 8.19. The van der Waals surface area contributed by atoms with Crippen molar-refractivity contribution in [2.75, 3.05) is 7.11 Å². The highest BCUT2D eigenvalue weighted by molar-refractivity contribution is 7.18. The van der Waals surface area contributed by atoms with Gasteiger partial charge in [-0.3, -0.25) is 9.20 Å². The molecule has 5 aromatic heterocycles. The number of nitrogens with one attached hydrogen (secondary N) is 2. The Bertz CT molecular complexity index is 1590. The van der Waals surface area contributed by atoms with Crippen molar-refractivity contribution in [3.05, 3.63) is 56.7 Å². The number of nitriles is 1. The van der Waals surface area contributed by atoms with E-state index in [4.69, 9.17) is 4.74 Å². The third-order valence-electron chi connectivity index (χ3n) is 4.96. The third kappa shape index (κ3) is 2.69. The van der Waals surface area contributed by atoms with Crippen molar-refractivity contribution in [3.63, 3.8) is 0 Å². The van der Waals surface area contributed by atoms with Crippen LogP contribution in [0.1, 0.15) is 22.0 Å². The predicted molar refractivity (Wildman–Crippen MR) is 117 cm³/mol. The lowest BCUT2D eigenvalue weighted by molar-refractivity contribution is 0.398. The van der Waals surface area contributed by atoms with Gasteiger partial charge in [0.05, 0.1) is 35.3 Å². The molecule has 0 aliphatic carbocycles. The van der Waals surface area contributed by atoms with E-state index in [1.165, 1.54) is 7.11 Å². The minimum Gasteiger partial charge on any atom is -0.481 e. The van der Waals surface area contributed by atoms with E-state index in [2.05, 4.69) is 26.0 Å². The second kappa shape index (κ2) is 6.57. The summed E-state index contributed by atoms with van der Waals surface area (Å²) in [5, 5.41) is 10.4. The van der Waals surface area contributed by atoms with Gasteiger partial charge in [0, 0.05) is 22.2 Å². The van der Waals surface area contributed by atoms with E-state index in [1.807, 2.05) is 30.4 Å². The molecule has 0 fully saturated rings. The molecule has 9 heteroatoms. The summed E-state index contributed by atoms with van der Waals surface area (Å²) in [7, 11) is 1.54. The maximum absolute atomic E-state index is 12.6. The number of aryl methyl sites for hydroxylation is 2. The molecule has 0 radical (unpaired) electrons. The topological polar surface area (TPSA) is 112 Å². The maximum atomic E-state index is 12.6. The molecule has 0 aromatic carbocycles. The van der Waals surface area contributed by atoms with E-state index in [9.17, 15) is 10.1 Å². The van der Waals surface area contributed by atoms with E-state index >= 15 is 0 Å². The number of hydrogen-bond donors (Lipinski definition) is 2. The normalized spacial score (nSPS) is 12.1. The molecule has 148 valence electrons. The highest BCUT2D eigenvalue weighted by Gasteiger charge is 2.15. The number of aromatic nitrogens is 5. The summed E-state index contributed by atoms with van der Waals surface area (Å²) in [4.78, 5) is 29.3. The standard InChI is InChI=1S/C21H16N6O2S/c1-10-4-12(19-26-20(28)14-5-11(2)30-21(14)27(10)19)6-13(8-22)18-24-15-7-17(29-3)23-9-16(15)25-18/h4-7,9H,1-3H3,(H,24,25)(H,26,28)/b13-6+. The Morgan fingerprint density at radius 3 is 2.90 bits per heavy atom. The van der Waals surface area contributed by atoms with Crippen LogP contribution in [0.4, 0.5) is 0 Å². The van der Waals surface area contributed by atoms with Crippen molar-refractivity contribution in [3.8, 4) is 11.9 Å². The van der Waals surface area contributed by atoms with E-state index in [0.29, 0.717) is 39.3 Å². The van der Waals surface area contributed by atoms with Gasteiger partial charge in [0.15, 0.2) is 0 Å². The van der Waals surface area contributed by atoms with Crippen LogP contribution in [0.5, 0.6) is 5.88 Å². The second-order valence-electron chi connectivity index (χ2n) is 6.95. The number of fused-ring (bicyclic) bond motifs is 4. The van der Waals surface area contributed by atoms with Crippen LogP contribution in [-0.2, 0) is 0 Å². The van der Waals surface area contributed by atoms with Gasteiger partial charge in [-0.1, -0.05) is 0 Å². The minimum atomic E-state index is -0.144. The number of pyridine rings is 1. The molecule has 0 saturated carbocycles. The first-order chi connectivity index (χ1) is 14.5. The fourth-order valence-electron chi connectivity index (χ4n) is 3.61. The number of nitrogens with zero attached hydrogens (tertiary/aromatic N) is 4. The van der Waals surface area contributed by atoms with E-state index < -0.39 is 0 Å². The number of imidazole rings is 1. The van der Waals surface area contributed by atoms with Crippen LogP contribution in [0.2, 0.25) is 0 Å². The molecule has 0 aliphatic rings. The number of thiophene rings is 1. The van der Waals surface area contributed by atoms with Gasteiger partial charge in [-0.15, -0.1) is 11.3 Å². The Hall–Kier alpha value is -3.90. The molecule has 0 saturated heterocycles. The van der Waals surface area contributed by atoms with Gasteiger partial charge in [0.2, 0.25) is 5.88 Å². The lowest BCUT2D eigenvalue weighted by atomic mass is 10.2. The van der Waals surface area contributed by atoms with Crippen molar-refractivity contribution < 1.29 is 4.74 Å². The molecule has 0 spiro atoms. The molecule has 0 aliphatic heterocycles. The summed E-state index contributed by atoms with van der Waals surface area (Å²) in [6, 6.07) is 7.75. The van der Waals surface area contributed by atoms with E-state index in [0.717, 1.165) is 21.0 Å². The zero-order valence-corrected chi connectivity index (χ0v) is 17.2. The van der Waals surface area contributed by atoms with Crippen molar-refractivity contribution in [1.82, 2.24) is 24.3 Å². The van der Waals surface area contributed by atoms with Gasteiger partial charge in [0.1, 0.15) is 22.4 Å². The summed E-state index contributed by atoms with van der Waals surface area (Å²) in [5.74, 6) is 0.875. The Balaban J connectivity index is 1.71. The summed E-state index contributed by atoms with van der Waals surface area (Å²) in [6.07, 6.45) is 3.35. The van der Waals surface area contributed by atoms with Crippen LogP contribution < -0.4 is 10.3 Å². The first kappa shape index (κ1) is 18.1. The Morgan fingerprint density at radius 1 is 1.30 bits per heavy atom. The quantitative estimate of drug-likeness (QED) is 0.435. The third-order valence-corrected chi connectivity index (χ3v) is 5.99. The molecule has 2 N–H and O–H groups in total. The minimum absolute atomic E-state index is 0.144. The molecule has 5 aromatic rings. The largest absolute Gasteiger partial charge is 0.481 e. The smallest absolute Gasteiger partial charge is 0.259 e. The Labute approximate surface area is 174 Å². The molecule has 0 atom stereocenters. The molecular formula is C21H16N6O2S. The summed E-state index contributed by atoms with van der Waals surface area (Å²) in [5.41, 5.74) is 3.92. The van der Waals surface area contributed by atoms with Crippen molar-refractivity contribution in [2.45, 2.75) is 13.8 Å². The molecule has 0 unspecified atom stereocenters. The Morgan fingerprint density at radius 2 is 2.13 bits per heavy atom. The molecule has 30 heavy (non-hydrogen) atoms. The van der Waals surface area contributed by atoms with Crippen LogP contribution in [0.3, 0.4) is 0 Å². The number of ether oxygens (including phenoxy) is 1. The van der Waals surface area contributed by atoms with Gasteiger partial charge in [0.25, 0.3) is 5.56 Å². The molecule has 5 heterocycles. The number of rotatable bonds is 3. The molecule has 0 amide bonds. The number of aromatic amines is 2. The maximum Gasteiger partial charge on any atom is 0.259 e. The van der Waals surface area contributed by atoms with E-state index in [-0.39, 0.29) is 5.56 Å². The van der Waals surface area contributed by atoms with Gasteiger partial charge < -0.3 is 14.7 Å². The number of methoxy groups -OCH3 is 1. The summed E-state index contributed by atoms with van der Waals surface area (Å²) < 4.78 is 7.15. The van der Waals surface area contributed by atoms with E-state index in [1.54, 1.807) is 29.7 Å². The lowest BCUT2D eigenvalue weighted by Gasteiger charge is -2.01. The Kier molecular flexibility index (Phi) is 3.98. The first-order valence-electron chi connectivity index (χ1n) is 9.15. The molecular weight excluding hydrogens is 400 g/mol. The highest BCUT2D eigenvalue weighted by Crippen LogP contribution is 2.28. The highest BCUT2D eigenvalue weighted by atomic mass is 32.1. The van der Waals surface area contributed by atoms with Crippen LogP contribution in [-0.4, -0.2) is 31.4 Å². The van der Waals surface area contributed by atoms with Crippen molar-refractivity contribution >= 4 is 49.9 Å². The van der Waals surface area contributed by atoms with Crippen LogP contribution >= 0.6 is 11.3 Å². The van der Waals surface area contributed by atoms with Crippen LogP contribution in [0.15, 0.2) is 29.2 Å². The van der Waals surface area contributed by atoms with Crippen molar-refractivity contribution in [2.24, 2.45) is 0 Å². The average Bonchev–Trinajstić information content (AvgIpc) is 3.40. The predicted octanol–water partition coefficient (Wildman–Crippen LogP) is 3.80. The SMILES string of the molecule is COc1cc2nc(/C(C#N)=C/c3cc(C)n4c3[nH]c(=O)c3cc(C)sc34)[nH]c2cn1. The van der Waals surface area contributed by atoms with Gasteiger partial charge in [-0.2, -0.15) is 5.26 Å². The van der Waals surface area contributed by atoms with Crippen LogP contribution in [0.25, 0.3) is 38.5 Å².